The molecular formula is C22H30N6O6S. The number of nitrogens with one attached hydrogen (secondary N) is 4. The van der Waals surface area contributed by atoms with Crippen LogP contribution in [0.5, 0.6) is 5.75 Å². The van der Waals surface area contributed by atoms with Crippen LogP contribution in [0.25, 0.3) is 0 Å². The van der Waals surface area contributed by atoms with E-state index in [2.05, 4.69) is 25.9 Å². The molecule has 1 aromatic carbocycles. The van der Waals surface area contributed by atoms with Crippen molar-refractivity contribution >= 4 is 35.5 Å². The fourth-order valence-electron chi connectivity index (χ4n) is 3.11. The van der Waals surface area contributed by atoms with E-state index in [-0.39, 0.29) is 18.6 Å². The zero-order chi connectivity index (χ0) is 25.8. The zero-order valence-electron chi connectivity index (χ0n) is 19.2. The van der Waals surface area contributed by atoms with Crippen LogP contribution in [-0.2, 0) is 32.0 Å². The molecule has 1 aromatic heterocycles. The van der Waals surface area contributed by atoms with E-state index in [9.17, 15) is 29.4 Å². The van der Waals surface area contributed by atoms with Crippen molar-refractivity contribution in [1.29, 1.82) is 0 Å². The average Bonchev–Trinajstić information content (AvgIpc) is 3.33. The second-order valence-electron chi connectivity index (χ2n) is 7.78. The Morgan fingerprint density at radius 2 is 1.80 bits per heavy atom. The summed E-state index contributed by atoms with van der Waals surface area (Å²) >= 11 is 1.49. The molecule has 0 radical (unpaired) electrons. The highest BCUT2D eigenvalue weighted by Crippen LogP contribution is 2.11. The highest BCUT2D eigenvalue weighted by molar-refractivity contribution is 7.98. The summed E-state index contributed by atoms with van der Waals surface area (Å²) in [5.41, 5.74) is 7.21. The molecule has 0 saturated carbocycles. The number of rotatable bonds is 14. The van der Waals surface area contributed by atoms with Crippen LogP contribution in [0.2, 0.25) is 0 Å². The van der Waals surface area contributed by atoms with Gasteiger partial charge in [0.1, 0.15) is 17.8 Å². The number of carbonyl (C=O) groups is 4. The van der Waals surface area contributed by atoms with Gasteiger partial charge in [-0.25, -0.2) is 9.78 Å². The lowest BCUT2D eigenvalue weighted by molar-refractivity contribution is -0.141. The predicted molar refractivity (Wildman–Crippen MR) is 130 cm³/mol. The van der Waals surface area contributed by atoms with Crippen LogP contribution in [0.3, 0.4) is 0 Å². The maximum absolute atomic E-state index is 12.7. The molecule has 12 nitrogen and oxygen atoms in total. The monoisotopic (exact) mass is 506 g/mol. The summed E-state index contributed by atoms with van der Waals surface area (Å²) in [5, 5.41) is 26.2. The number of nitrogens with two attached hydrogens (primary N) is 1. The number of thioether (sulfide) groups is 1. The number of carbonyl (C=O) groups excluding carboxylic acids is 3. The standard InChI is InChI=1S/C22H30N6O6S/c1-35-7-6-17(28-20(31)16(23)9-14-10-24-12-26-14)21(32)25-11-19(30)27-18(22(33)34)8-13-2-4-15(29)5-3-13/h2-5,10,12,16-18,29H,6-9,11,23H2,1H3,(H,24,26)(H,25,32)(H,27,30)(H,28,31)(H,33,34). The van der Waals surface area contributed by atoms with Crippen molar-refractivity contribution in [2.75, 3.05) is 18.6 Å². The van der Waals surface area contributed by atoms with Crippen molar-refractivity contribution in [3.8, 4) is 5.75 Å². The summed E-state index contributed by atoms with van der Waals surface area (Å²) in [7, 11) is 0. The maximum Gasteiger partial charge on any atom is 0.326 e. The topological polar surface area (TPSA) is 200 Å². The van der Waals surface area contributed by atoms with Crippen LogP contribution in [-0.4, -0.2) is 80.6 Å². The number of carboxylic acid groups (broad SMARTS) is 1. The third-order valence-electron chi connectivity index (χ3n) is 5.01. The molecule has 2 rings (SSSR count). The van der Waals surface area contributed by atoms with Gasteiger partial charge in [-0.15, -0.1) is 0 Å². The first-order chi connectivity index (χ1) is 16.7. The first kappa shape index (κ1) is 27.7. The molecule has 13 heteroatoms. The van der Waals surface area contributed by atoms with E-state index < -0.39 is 48.4 Å². The lowest BCUT2D eigenvalue weighted by Gasteiger charge is -2.21. The number of imidazole rings is 1. The molecule has 0 saturated heterocycles. The molecular weight excluding hydrogens is 476 g/mol. The molecule has 0 fully saturated rings. The second kappa shape index (κ2) is 14.0. The van der Waals surface area contributed by atoms with Crippen LogP contribution in [0, 0.1) is 0 Å². The molecule has 1 heterocycles. The first-order valence-electron chi connectivity index (χ1n) is 10.8. The summed E-state index contributed by atoms with van der Waals surface area (Å²) in [6.45, 7) is -0.468. The largest absolute Gasteiger partial charge is 0.508 e. The number of H-pyrrole nitrogens is 1. The minimum absolute atomic E-state index is 0.00404. The Morgan fingerprint density at radius 3 is 2.40 bits per heavy atom. The van der Waals surface area contributed by atoms with Crippen molar-refractivity contribution in [1.82, 2.24) is 25.9 Å². The molecule has 35 heavy (non-hydrogen) atoms. The van der Waals surface area contributed by atoms with Crippen LogP contribution < -0.4 is 21.7 Å². The molecule has 0 bridgehead atoms. The Kier molecular flexibility index (Phi) is 11.0. The van der Waals surface area contributed by atoms with Crippen molar-refractivity contribution < 1.29 is 29.4 Å². The molecule has 3 atom stereocenters. The van der Waals surface area contributed by atoms with E-state index in [0.29, 0.717) is 23.4 Å². The number of nitrogens with zero attached hydrogens (tertiary/aromatic N) is 1. The molecule has 0 aliphatic heterocycles. The van der Waals surface area contributed by atoms with Crippen LogP contribution >= 0.6 is 11.8 Å². The van der Waals surface area contributed by atoms with Gasteiger partial charge in [-0.05, 0) is 36.1 Å². The van der Waals surface area contributed by atoms with Gasteiger partial charge in [0.05, 0.1) is 18.9 Å². The highest BCUT2D eigenvalue weighted by Gasteiger charge is 2.25. The first-order valence-corrected chi connectivity index (χ1v) is 12.2. The smallest absolute Gasteiger partial charge is 0.326 e. The third-order valence-corrected chi connectivity index (χ3v) is 5.65. The summed E-state index contributed by atoms with van der Waals surface area (Å²) in [6, 6.07) is 2.89. The lowest BCUT2D eigenvalue weighted by atomic mass is 10.1. The van der Waals surface area contributed by atoms with Gasteiger partial charge >= 0.3 is 5.97 Å². The molecule has 0 aliphatic rings. The van der Waals surface area contributed by atoms with E-state index in [1.54, 1.807) is 18.3 Å². The zero-order valence-corrected chi connectivity index (χ0v) is 20.0. The van der Waals surface area contributed by atoms with Crippen LogP contribution in [0.15, 0.2) is 36.8 Å². The van der Waals surface area contributed by atoms with E-state index >= 15 is 0 Å². The summed E-state index contributed by atoms with van der Waals surface area (Å²) in [5.74, 6) is -2.43. The van der Waals surface area contributed by atoms with Gasteiger partial charge in [-0.1, -0.05) is 12.1 Å². The number of carboxylic acids is 1. The van der Waals surface area contributed by atoms with Gasteiger partial charge in [-0.3, -0.25) is 14.4 Å². The Labute approximate surface area is 206 Å². The number of amides is 3. The third kappa shape index (κ3) is 9.66. The lowest BCUT2D eigenvalue weighted by Crippen LogP contribution is -2.54. The van der Waals surface area contributed by atoms with Gasteiger partial charge < -0.3 is 36.9 Å². The normalized spacial score (nSPS) is 13.3. The van der Waals surface area contributed by atoms with Crippen molar-refractivity contribution in [2.45, 2.75) is 37.4 Å². The molecule has 0 spiro atoms. The van der Waals surface area contributed by atoms with E-state index in [0.717, 1.165) is 0 Å². The van der Waals surface area contributed by atoms with Crippen molar-refractivity contribution in [3.63, 3.8) is 0 Å². The van der Waals surface area contributed by atoms with E-state index in [1.165, 1.54) is 30.2 Å². The van der Waals surface area contributed by atoms with Gasteiger partial charge in [0, 0.05) is 24.7 Å². The van der Waals surface area contributed by atoms with Crippen molar-refractivity contribution in [3.05, 3.63) is 48.0 Å². The number of aromatic hydroxyl groups is 1. The molecule has 8 N–H and O–H groups in total. The highest BCUT2D eigenvalue weighted by atomic mass is 32.2. The average molecular weight is 507 g/mol. The fraction of sp³-hybridized carbons (Fsp3) is 0.409. The quantitative estimate of drug-likeness (QED) is 0.170. The number of hydrogen-bond donors (Lipinski definition) is 7. The Hall–Kier alpha value is -3.58. The Balaban J connectivity index is 1.89. The number of aromatic amines is 1. The van der Waals surface area contributed by atoms with E-state index in [1.807, 2.05) is 6.26 Å². The number of aliphatic carboxylic acids is 1. The number of hydrogen-bond acceptors (Lipinski definition) is 8. The second-order valence-corrected chi connectivity index (χ2v) is 8.76. The summed E-state index contributed by atoms with van der Waals surface area (Å²) < 4.78 is 0. The van der Waals surface area contributed by atoms with Crippen LogP contribution in [0.4, 0.5) is 0 Å². The molecule has 0 aliphatic carbocycles. The SMILES string of the molecule is CSCCC(NC(=O)C(N)Cc1cnc[nH]1)C(=O)NCC(=O)NC(Cc1ccc(O)cc1)C(=O)O. The fourth-order valence-corrected chi connectivity index (χ4v) is 3.58. The van der Waals surface area contributed by atoms with Gasteiger partial charge in [0.15, 0.2) is 0 Å². The van der Waals surface area contributed by atoms with E-state index in [4.69, 9.17) is 5.73 Å². The van der Waals surface area contributed by atoms with Gasteiger partial charge in [0.2, 0.25) is 17.7 Å². The Morgan fingerprint density at radius 1 is 1.09 bits per heavy atom. The predicted octanol–water partition coefficient (Wildman–Crippen LogP) is -0.849. The molecule has 190 valence electrons. The number of phenolic OH excluding ortho intramolecular Hbond substituents is 1. The summed E-state index contributed by atoms with van der Waals surface area (Å²) in [4.78, 5) is 55.7. The Bertz CT molecular complexity index is 985. The van der Waals surface area contributed by atoms with Gasteiger partial charge in [0.25, 0.3) is 0 Å². The minimum Gasteiger partial charge on any atom is -0.508 e. The number of phenols is 1. The molecule has 2 aromatic rings. The van der Waals surface area contributed by atoms with Gasteiger partial charge in [-0.2, -0.15) is 11.8 Å². The summed E-state index contributed by atoms with van der Waals surface area (Å²) in [6.07, 6.45) is 5.40. The maximum atomic E-state index is 12.7. The number of aromatic nitrogens is 2. The minimum atomic E-state index is -1.24. The molecule has 3 unspecified atom stereocenters. The van der Waals surface area contributed by atoms with Crippen molar-refractivity contribution in [2.24, 2.45) is 5.73 Å². The number of benzene rings is 1. The van der Waals surface area contributed by atoms with Crippen LogP contribution in [0.1, 0.15) is 17.7 Å². The molecule has 3 amide bonds.